The molecule has 20 heavy (non-hydrogen) atoms. The Morgan fingerprint density at radius 2 is 2.30 bits per heavy atom. The highest BCUT2D eigenvalue weighted by atomic mass is 32.1. The molecule has 6 heteroatoms. The van der Waals surface area contributed by atoms with Gasteiger partial charge in [0.05, 0.1) is 35.6 Å². The van der Waals surface area contributed by atoms with Gasteiger partial charge in [-0.05, 0) is 19.1 Å². The molecule has 1 heterocycles. The van der Waals surface area contributed by atoms with Gasteiger partial charge < -0.3 is 15.4 Å². The summed E-state index contributed by atoms with van der Waals surface area (Å²) in [5.74, 6) is 0.318. The van der Waals surface area contributed by atoms with Crippen LogP contribution in [0.1, 0.15) is 23.0 Å². The number of rotatable bonds is 5. The van der Waals surface area contributed by atoms with Crippen LogP contribution in [-0.2, 0) is 6.54 Å². The van der Waals surface area contributed by atoms with Crippen molar-refractivity contribution in [3.63, 3.8) is 0 Å². The average Bonchev–Trinajstić information content (AvgIpc) is 2.93. The number of carbonyl (C=O) groups excluding carboxylic acids is 1. The van der Waals surface area contributed by atoms with Crippen LogP contribution in [0, 0.1) is 0 Å². The highest BCUT2D eigenvalue weighted by Gasteiger charge is 2.19. The van der Waals surface area contributed by atoms with Crippen molar-refractivity contribution in [3.05, 3.63) is 40.3 Å². The molecule has 0 saturated carbocycles. The van der Waals surface area contributed by atoms with Gasteiger partial charge in [-0.15, -0.1) is 11.3 Å². The zero-order chi connectivity index (χ0) is 14.5. The largest absolute Gasteiger partial charge is 0.491 e. The maximum absolute atomic E-state index is 12.5. The molecule has 0 radical (unpaired) electrons. The first-order chi connectivity index (χ1) is 9.63. The van der Waals surface area contributed by atoms with E-state index in [9.17, 15) is 4.79 Å². The van der Waals surface area contributed by atoms with Gasteiger partial charge in [0.15, 0.2) is 5.75 Å². The number of carbonyl (C=O) groups is 1. The molecule has 2 rings (SSSR count). The zero-order valence-corrected chi connectivity index (χ0v) is 12.3. The van der Waals surface area contributed by atoms with Crippen LogP contribution in [-0.4, -0.2) is 29.4 Å². The van der Waals surface area contributed by atoms with Crippen LogP contribution in [0.15, 0.2) is 29.1 Å². The van der Waals surface area contributed by atoms with Crippen molar-refractivity contribution < 1.29 is 9.53 Å². The lowest BCUT2D eigenvalue weighted by molar-refractivity contribution is 0.0779. The Labute approximate surface area is 122 Å². The van der Waals surface area contributed by atoms with Crippen LogP contribution in [0.2, 0.25) is 0 Å². The summed E-state index contributed by atoms with van der Waals surface area (Å²) >= 11 is 1.51. The molecule has 0 spiro atoms. The van der Waals surface area contributed by atoms with Gasteiger partial charge in [-0.3, -0.25) is 4.79 Å². The monoisotopic (exact) mass is 291 g/mol. The Balaban J connectivity index is 2.22. The summed E-state index contributed by atoms with van der Waals surface area (Å²) in [4.78, 5) is 18.3. The molecule has 0 bridgehead atoms. The van der Waals surface area contributed by atoms with Crippen LogP contribution in [0.4, 0.5) is 5.69 Å². The number of nitrogen functional groups attached to an aromatic ring is 1. The van der Waals surface area contributed by atoms with E-state index >= 15 is 0 Å². The van der Waals surface area contributed by atoms with E-state index in [2.05, 4.69) is 4.98 Å². The summed E-state index contributed by atoms with van der Waals surface area (Å²) < 4.78 is 5.49. The Hall–Kier alpha value is -2.08. The minimum Gasteiger partial charge on any atom is -0.491 e. The minimum atomic E-state index is -0.131. The lowest BCUT2D eigenvalue weighted by atomic mass is 10.1. The van der Waals surface area contributed by atoms with Crippen molar-refractivity contribution in [2.75, 3.05) is 19.4 Å². The van der Waals surface area contributed by atoms with Crippen molar-refractivity contribution in [1.82, 2.24) is 9.88 Å². The van der Waals surface area contributed by atoms with Gasteiger partial charge in [0.1, 0.15) is 0 Å². The van der Waals surface area contributed by atoms with Gasteiger partial charge in [0.2, 0.25) is 0 Å². The molecule has 0 unspecified atom stereocenters. The molecular weight excluding hydrogens is 274 g/mol. The predicted molar refractivity (Wildman–Crippen MR) is 79.9 cm³/mol. The minimum absolute atomic E-state index is 0.131. The Morgan fingerprint density at radius 3 is 2.95 bits per heavy atom. The van der Waals surface area contributed by atoms with Gasteiger partial charge in [-0.2, -0.15) is 0 Å². The Bertz CT molecular complexity index is 584. The summed E-state index contributed by atoms with van der Waals surface area (Å²) in [6.07, 6.45) is 0. The number of hydrogen-bond acceptors (Lipinski definition) is 5. The van der Waals surface area contributed by atoms with Gasteiger partial charge >= 0.3 is 0 Å². The van der Waals surface area contributed by atoms with Crippen molar-refractivity contribution in [2.24, 2.45) is 0 Å². The summed E-state index contributed by atoms with van der Waals surface area (Å²) in [7, 11) is 1.74. The van der Waals surface area contributed by atoms with E-state index in [4.69, 9.17) is 10.5 Å². The van der Waals surface area contributed by atoms with Crippen molar-refractivity contribution in [3.8, 4) is 5.75 Å². The third-order valence-electron chi connectivity index (χ3n) is 2.79. The molecule has 0 atom stereocenters. The number of anilines is 1. The molecule has 2 N–H and O–H groups in total. The molecule has 1 aromatic heterocycles. The zero-order valence-electron chi connectivity index (χ0n) is 11.5. The fourth-order valence-electron chi connectivity index (χ4n) is 1.86. The fourth-order valence-corrected chi connectivity index (χ4v) is 2.41. The van der Waals surface area contributed by atoms with Crippen LogP contribution >= 0.6 is 11.3 Å². The standard InChI is InChI=1S/C14H17N3O2S/c1-3-19-13-11(5-4-6-12(13)15)14(18)17(2)7-10-8-20-9-16-10/h4-6,8-9H,3,7,15H2,1-2H3. The predicted octanol–water partition coefficient (Wildman–Crippen LogP) is 2.40. The number of amides is 1. The lowest BCUT2D eigenvalue weighted by Gasteiger charge is -2.19. The number of para-hydroxylation sites is 1. The average molecular weight is 291 g/mol. The highest BCUT2D eigenvalue weighted by molar-refractivity contribution is 7.07. The molecule has 1 aromatic carbocycles. The number of ether oxygens (including phenoxy) is 1. The van der Waals surface area contributed by atoms with Crippen LogP contribution in [0.5, 0.6) is 5.75 Å². The van der Waals surface area contributed by atoms with Crippen LogP contribution < -0.4 is 10.5 Å². The smallest absolute Gasteiger partial charge is 0.257 e. The topological polar surface area (TPSA) is 68.5 Å². The lowest BCUT2D eigenvalue weighted by Crippen LogP contribution is -2.27. The second-order valence-electron chi connectivity index (χ2n) is 4.30. The van der Waals surface area contributed by atoms with Gasteiger partial charge in [-0.25, -0.2) is 4.98 Å². The van der Waals surface area contributed by atoms with E-state index in [0.717, 1.165) is 5.69 Å². The molecule has 0 aliphatic carbocycles. The van der Waals surface area contributed by atoms with E-state index in [1.165, 1.54) is 11.3 Å². The molecule has 0 fully saturated rings. The molecule has 0 aliphatic heterocycles. The number of hydrogen-bond donors (Lipinski definition) is 1. The van der Waals surface area contributed by atoms with Crippen molar-refractivity contribution in [2.45, 2.75) is 13.5 Å². The van der Waals surface area contributed by atoms with E-state index in [1.807, 2.05) is 12.3 Å². The third-order valence-corrected chi connectivity index (χ3v) is 3.43. The van der Waals surface area contributed by atoms with E-state index in [0.29, 0.717) is 30.2 Å². The molecule has 0 aliphatic rings. The number of nitrogens with zero attached hydrogens (tertiary/aromatic N) is 2. The first-order valence-electron chi connectivity index (χ1n) is 6.27. The second-order valence-corrected chi connectivity index (χ2v) is 5.02. The summed E-state index contributed by atoms with van der Waals surface area (Å²) in [6, 6.07) is 5.20. The van der Waals surface area contributed by atoms with Crippen LogP contribution in [0.25, 0.3) is 0 Å². The van der Waals surface area contributed by atoms with Gasteiger partial charge in [0.25, 0.3) is 5.91 Å². The number of nitrogens with two attached hydrogens (primary N) is 1. The quantitative estimate of drug-likeness (QED) is 0.859. The summed E-state index contributed by atoms with van der Waals surface area (Å²) in [5.41, 5.74) is 9.44. The number of benzene rings is 1. The molecule has 106 valence electrons. The number of aromatic nitrogens is 1. The number of thiazole rings is 1. The Morgan fingerprint density at radius 1 is 1.50 bits per heavy atom. The van der Waals surface area contributed by atoms with Gasteiger partial charge in [-0.1, -0.05) is 6.07 Å². The first-order valence-corrected chi connectivity index (χ1v) is 7.21. The molecule has 2 aromatic rings. The maximum atomic E-state index is 12.5. The highest BCUT2D eigenvalue weighted by Crippen LogP contribution is 2.27. The van der Waals surface area contributed by atoms with Gasteiger partial charge in [0, 0.05) is 12.4 Å². The van der Waals surface area contributed by atoms with Crippen molar-refractivity contribution in [1.29, 1.82) is 0 Å². The molecule has 1 amide bonds. The van der Waals surface area contributed by atoms with Crippen LogP contribution in [0.3, 0.4) is 0 Å². The SMILES string of the molecule is CCOc1c(N)cccc1C(=O)N(C)Cc1cscn1. The Kier molecular flexibility index (Phi) is 4.57. The third kappa shape index (κ3) is 3.08. The van der Waals surface area contributed by atoms with E-state index in [1.54, 1.807) is 35.7 Å². The molecule has 0 saturated heterocycles. The van der Waals surface area contributed by atoms with E-state index < -0.39 is 0 Å². The first kappa shape index (κ1) is 14.3. The van der Waals surface area contributed by atoms with Crippen molar-refractivity contribution >= 4 is 22.9 Å². The van der Waals surface area contributed by atoms with E-state index in [-0.39, 0.29) is 5.91 Å². The normalized spacial score (nSPS) is 10.3. The second kappa shape index (κ2) is 6.38. The summed E-state index contributed by atoms with van der Waals surface area (Å²) in [5, 5.41) is 1.92. The maximum Gasteiger partial charge on any atom is 0.257 e. The fraction of sp³-hybridized carbons (Fsp3) is 0.286. The molecule has 5 nitrogen and oxygen atoms in total. The molecular formula is C14H17N3O2S. The summed E-state index contributed by atoms with van der Waals surface area (Å²) in [6.45, 7) is 2.78.